The summed E-state index contributed by atoms with van der Waals surface area (Å²) in [4.78, 5) is 23.6. The van der Waals surface area contributed by atoms with E-state index >= 15 is 0 Å². The average Bonchev–Trinajstić information content (AvgIpc) is 3.31. The fourth-order valence-corrected chi connectivity index (χ4v) is 2.14. The van der Waals surface area contributed by atoms with Crippen molar-refractivity contribution in [2.75, 3.05) is 6.61 Å². The Morgan fingerprint density at radius 2 is 1.79 bits per heavy atom. The number of ether oxygens (including phenoxy) is 1. The van der Waals surface area contributed by atoms with Crippen molar-refractivity contribution < 1.29 is 18.7 Å². The molecule has 0 aliphatic heterocycles. The molecule has 0 radical (unpaired) electrons. The number of esters is 1. The zero-order valence-corrected chi connectivity index (χ0v) is 12.8. The minimum absolute atomic E-state index is 0.259. The van der Waals surface area contributed by atoms with Crippen LogP contribution >= 0.6 is 0 Å². The first kappa shape index (κ1) is 15.6. The van der Waals surface area contributed by atoms with Gasteiger partial charge in [0.2, 0.25) is 0 Å². The number of nitrogens with zero attached hydrogens (tertiary/aromatic N) is 1. The molecule has 122 valence electrons. The van der Waals surface area contributed by atoms with Crippen molar-refractivity contribution in [3.63, 3.8) is 0 Å². The number of carbonyl (C=O) groups excluding carboxylic acids is 2. The van der Waals surface area contributed by atoms with Crippen LogP contribution in [0.3, 0.4) is 0 Å². The molecule has 1 amide bonds. The Labute approximate surface area is 138 Å². The molecular formula is C18H16N2O4. The summed E-state index contributed by atoms with van der Waals surface area (Å²) in [6, 6.07) is 14.3. The number of furan rings is 1. The second-order valence-electron chi connectivity index (χ2n) is 5.07. The fourth-order valence-electron chi connectivity index (χ4n) is 2.14. The zero-order valence-electron chi connectivity index (χ0n) is 12.8. The average molecular weight is 324 g/mol. The Hall–Kier alpha value is -3.28. The smallest absolute Gasteiger partial charge is 0.338 e. The molecule has 0 unspecified atom stereocenters. The number of hydrogen-bond donors (Lipinski definition) is 1. The molecule has 0 saturated heterocycles. The summed E-state index contributed by atoms with van der Waals surface area (Å²) < 4.78 is 12.0. The SMILES string of the molecule is O=C(COC(=O)c1ccc(-n2cccc2)cc1)NCc1ccco1. The van der Waals surface area contributed by atoms with E-state index in [0.29, 0.717) is 11.3 Å². The highest BCUT2D eigenvalue weighted by Crippen LogP contribution is 2.11. The van der Waals surface area contributed by atoms with Crippen LogP contribution < -0.4 is 5.32 Å². The van der Waals surface area contributed by atoms with Crippen molar-refractivity contribution in [3.05, 3.63) is 78.5 Å². The minimum atomic E-state index is -0.540. The lowest BCUT2D eigenvalue weighted by molar-refractivity contribution is -0.124. The standard InChI is InChI=1S/C18H16N2O4/c21-17(19-12-16-4-3-11-23-16)13-24-18(22)14-5-7-15(8-6-14)20-9-1-2-10-20/h1-11H,12-13H2,(H,19,21). The van der Waals surface area contributed by atoms with Crippen LogP contribution in [0.15, 0.2) is 71.6 Å². The summed E-state index contributed by atoms with van der Waals surface area (Å²) in [5.41, 5.74) is 1.33. The molecule has 6 nitrogen and oxygen atoms in total. The number of rotatable bonds is 6. The van der Waals surface area contributed by atoms with Crippen LogP contribution in [0.1, 0.15) is 16.1 Å². The van der Waals surface area contributed by atoms with Gasteiger partial charge >= 0.3 is 5.97 Å². The Morgan fingerprint density at radius 1 is 1.04 bits per heavy atom. The molecule has 0 aliphatic carbocycles. The number of amides is 1. The van der Waals surface area contributed by atoms with Crippen molar-refractivity contribution in [1.82, 2.24) is 9.88 Å². The second kappa shape index (κ2) is 7.32. The van der Waals surface area contributed by atoms with Crippen molar-refractivity contribution >= 4 is 11.9 Å². The maximum atomic E-state index is 12.0. The summed E-state index contributed by atoms with van der Waals surface area (Å²) in [7, 11) is 0. The summed E-state index contributed by atoms with van der Waals surface area (Å²) in [6.07, 6.45) is 5.35. The molecule has 2 heterocycles. The second-order valence-corrected chi connectivity index (χ2v) is 5.07. The van der Waals surface area contributed by atoms with Crippen LogP contribution in [0.25, 0.3) is 5.69 Å². The monoisotopic (exact) mass is 324 g/mol. The van der Waals surface area contributed by atoms with E-state index in [4.69, 9.17) is 9.15 Å². The van der Waals surface area contributed by atoms with Gasteiger partial charge < -0.3 is 19.0 Å². The Kier molecular flexibility index (Phi) is 4.76. The minimum Gasteiger partial charge on any atom is -0.467 e. The first-order chi connectivity index (χ1) is 11.7. The van der Waals surface area contributed by atoms with Crippen molar-refractivity contribution in [1.29, 1.82) is 0 Å². The van der Waals surface area contributed by atoms with Gasteiger partial charge in [0.25, 0.3) is 5.91 Å². The van der Waals surface area contributed by atoms with Crippen molar-refractivity contribution in [2.45, 2.75) is 6.54 Å². The Morgan fingerprint density at radius 3 is 2.46 bits per heavy atom. The van der Waals surface area contributed by atoms with Crippen LogP contribution in [0, 0.1) is 0 Å². The quantitative estimate of drug-likeness (QED) is 0.707. The largest absolute Gasteiger partial charge is 0.467 e. The van der Waals surface area contributed by atoms with Crippen LogP contribution in [-0.2, 0) is 16.1 Å². The van der Waals surface area contributed by atoms with Gasteiger partial charge in [0.1, 0.15) is 5.76 Å². The molecule has 0 aliphatic rings. The van der Waals surface area contributed by atoms with Crippen LogP contribution in [-0.4, -0.2) is 23.1 Å². The summed E-state index contributed by atoms with van der Waals surface area (Å²) >= 11 is 0. The van der Waals surface area contributed by atoms with E-state index in [1.807, 2.05) is 41.2 Å². The maximum absolute atomic E-state index is 12.0. The molecule has 1 aromatic carbocycles. The van der Waals surface area contributed by atoms with E-state index in [-0.39, 0.29) is 19.1 Å². The predicted molar refractivity (Wildman–Crippen MR) is 86.6 cm³/mol. The number of nitrogens with one attached hydrogen (secondary N) is 1. The number of benzene rings is 1. The number of aromatic nitrogens is 1. The van der Waals surface area contributed by atoms with Gasteiger partial charge in [0.15, 0.2) is 6.61 Å². The molecule has 2 aromatic heterocycles. The highest BCUT2D eigenvalue weighted by Gasteiger charge is 2.10. The summed E-state index contributed by atoms with van der Waals surface area (Å²) in [6.45, 7) is -0.0756. The number of hydrogen-bond acceptors (Lipinski definition) is 4. The molecule has 0 bridgehead atoms. The van der Waals surface area contributed by atoms with E-state index in [9.17, 15) is 9.59 Å². The Bertz CT molecular complexity index is 790. The van der Waals surface area contributed by atoms with Crippen LogP contribution in [0.4, 0.5) is 0 Å². The van der Waals surface area contributed by atoms with E-state index in [2.05, 4.69) is 5.32 Å². The lowest BCUT2D eigenvalue weighted by atomic mass is 10.2. The fraction of sp³-hybridized carbons (Fsp3) is 0.111. The molecule has 0 fully saturated rings. The molecular weight excluding hydrogens is 308 g/mol. The molecule has 24 heavy (non-hydrogen) atoms. The van der Waals surface area contributed by atoms with Gasteiger partial charge in [-0.2, -0.15) is 0 Å². The summed E-state index contributed by atoms with van der Waals surface area (Å²) in [5, 5.41) is 2.61. The third-order valence-electron chi connectivity index (χ3n) is 3.38. The molecule has 0 saturated carbocycles. The van der Waals surface area contributed by atoms with Gasteiger partial charge in [-0.1, -0.05) is 0 Å². The van der Waals surface area contributed by atoms with Crippen molar-refractivity contribution in [2.24, 2.45) is 0 Å². The zero-order chi connectivity index (χ0) is 16.8. The van der Waals surface area contributed by atoms with Gasteiger partial charge in [-0.15, -0.1) is 0 Å². The molecule has 3 aromatic rings. The molecule has 0 atom stereocenters. The number of carbonyl (C=O) groups is 2. The highest BCUT2D eigenvalue weighted by atomic mass is 16.5. The van der Waals surface area contributed by atoms with E-state index in [0.717, 1.165) is 5.69 Å². The summed E-state index contributed by atoms with van der Waals surface area (Å²) in [5.74, 6) is -0.291. The topological polar surface area (TPSA) is 73.5 Å². The van der Waals surface area contributed by atoms with E-state index in [1.165, 1.54) is 6.26 Å². The predicted octanol–water partition coefficient (Wildman–Crippen LogP) is 2.54. The first-order valence-corrected chi connectivity index (χ1v) is 7.42. The van der Waals surface area contributed by atoms with Gasteiger partial charge in [-0.3, -0.25) is 4.79 Å². The third-order valence-corrected chi connectivity index (χ3v) is 3.38. The van der Waals surface area contributed by atoms with E-state index < -0.39 is 5.97 Å². The Balaban J connectivity index is 1.48. The van der Waals surface area contributed by atoms with E-state index in [1.54, 1.807) is 24.3 Å². The third kappa shape index (κ3) is 3.92. The lowest BCUT2D eigenvalue weighted by Crippen LogP contribution is -2.28. The molecule has 1 N–H and O–H groups in total. The van der Waals surface area contributed by atoms with Gasteiger partial charge in [0, 0.05) is 18.1 Å². The van der Waals surface area contributed by atoms with Gasteiger partial charge in [-0.25, -0.2) is 4.79 Å². The lowest BCUT2D eigenvalue weighted by Gasteiger charge is -2.07. The maximum Gasteiger partial charge on any atom is 0.338 e. The van der Waals surface area contributed by atoms with Gasteiger partial charge in [-0.05, 0) is 48.5 Å². The molecule has 6 heteroatoms. The highest BCUT2D eigenvalue weighted by molar-refractivity contribution is 5.91. The molecule has 0 spiro atoms. The van der Waals surface area contributed by atoms with Gasteiger partial charge in [0.05, 0.1) is 18.4 Å². The normalized spacial score (nSPS) is 10.3. The first-order valence-electron chi connectivity index (χ1n) is 7.42. The van der Waals surface area contributed by atoms with Crippen molar-refractivity contribution in [3.8, 4) is 5.69 Å². The molecule has 3 rings (SSSR count). The van der Waals surface area contributed by atoms with Crippen LogP contribution in [0.5, 0.6) is 0 Å². The van der Waals surface area contributed by atoms with Crippen LogP contribution in [0.2, 0.25) is 0 Å².